The minimum atomic E-state index is -3.84. The standard InChI is InChI=1S/C30H35F2N3O4S/c1-4-33-30(37)28(19-23-11-6-5-7-12-23)34(21-24-13-8-10-22(2)18-24)29(36)14-9-17-35(40(3,38)39)25-15-16-26(31)27(32)20-25/h5-8,10-13,15-16,18,20,28H,4,9,14,17,19,21H2,1-3H3,(H,33,37). The van der Waals surface area contributed by atoms with Crippen LogP contribution in [-0.2, 0) is 32.6 Å². The maximum atomic E-state index is 13.8. The number of anilines is 1. The molecule has 0 saturated carbocycles. The number of nitrogens with zero attached hydrogens (tertiary/aromatic N) is 2. The Bertz CT molecular complexity index is 1420. The van der Waals surface area contributed by atoms with Gasteiger partial charge < -0.3 is 10.2 Å². The van der Waals surface area contributed by atoms with Gasteiger partial charge in [0, 0.05) is 38.5 Å². The lowest BCUT2D eigenvalue weighted by molar-refractivity contribution is -0.141. The van der Waals surface area contributed by atoms with Crippen LogP contribution >= 0.6 is 0 Å². The third-order valence-electron chi connectivity index (χ3n) is 6.40. The smallest absolute Gasteiger partial charge is 0.243 e. The van der Waals surface area contributed by atoms with Crippen molar-refractivity contribution in [2.24, 2.45) is 0 Å². The predicted octanol–water partition coefficient (Wildman–Crippen LogP) is 4.60. The highest BCUT2D eigenvalue weighted by Gasteiger charge is 2.30. The number of likely N-dealkylation sites (N-methyl/N-ethyl adjacent to an activating group) is 1. The molecule has 0 aliphatic carbocycles. The van der Waals surface area contributed by atoms with Gasteiger partial charge >= 0.3 is 0 Å². The van der Waals surface area contributed by atoms with E-state index in [0.717, 1.165) is 39.4 Å². The van der Waals surface area contributed by atoms with E-state index in [4.69, 9.17) is 0 Å². The summed E-state index contributed by atoms with van der Waals surface area (Å²) in [5, 5.41) is 2.84. The first-order valence-electron chi connectivity index (χ1n) is 13.1. The summed E-state index contributed by atoms with van der Waals surface area (Å²) in [6, 6.07) is 19.1. The molecule has 0 aliphatic heterocycles. The third kappa shape index (κ3) is 8.61. The SMILES string of the molecule is CCNC(=O)C(Cc1ccccc1)N(Cc1cccc(C)c1)C(=O)CCCN(c1ccc(F)c(F)c1)S(C)(=O)=O. The monoisotopic (exact) mass is 571 g/mol. The van der Waals surface area contributed by atoms with Gasteiger partial charge in [-0.25, -0.2) is 17.2 Å². The fourth-order valence-corrected chi connectivity index (χ4v) is 5.45. The molecule has 1 atom stereocenters. The Morgan fingerprint density at radius 3 is 2.25 bits per heavy atom. The molecule has 214 valence electrons. The summed E-state index contributed by atoms with van der Waals surface area (Å²) < 4.78 is 53.1. The Morgan fingerprint density at radius 1 is 0.925 bits per heavy atom. The summed E-state index contributed by atoms with van der Waals surface area (Å²) >= 11 is 0. The molecule has 3 aromatic carbocycles. The first kappa shape index (κ1) is 30.7. The van der Waals surface area contributed by atoms with Crippen LogP contribution in [0, 0.1) is 18.6 Å². The zero-order chi connectivity index (χ0) is 29.3. The molecular formula is C30H35F2N3O4S. The van der Waals surface area contributed by atoms with Crippen LogP contribution in [0.2, 0.25) is 0 Å². The van der Waals surface area contributed by atoms with Crippen molar-refractivity contribution in [1.29, 1.82) is 0 Å². The summed E-state index contributed by atoms with van der Waals surface area (Å²) in [6.45, 7) is 4.21. The average molecular weight is 572 g/mol. The number of rotatable bonds is 13. The van der Waals surface area contributed by atoms with Gasteiger partial charge in [0.2, 0.25) is 21.8 Å². The predicted molar refractivity (Wildman–Crippen MR) is 152 cm³/mol. The number of amides is 2. The second-order valence-corrected chi connectivity index (χ2v) is 11.6. The number of halogens is 2. The third-order valence-corrected chi connectivity index (χ3v) is 7.59. The van der Waals surface area contributed by atoms with Crippen LogP contribution in [-0.4, -0.2) is 50.5 Å². The lowest BCUT2D eigenvalue weighted by Crippen LogP contribution is -2.50. The van der Waals surface area contributed by atoms with Gasteiger partial charge in [0.1, 0.15) is 6.04 Å². The lowest BCUT2D eigenvalue weighted by atomic mass is 10.0. The van der Waals surface area contributed by atoms with Crippen molar-refractivity contribution in [3.8, 4) is 0 Å². The largest absolute Gasteiger partial charge is 0.355 e. The number of nitrogens with one attached hydrogen (secondary N) is 1. The maximum Gasteiger partial charge on any atom is 0.243 e. The number of sulfonamides is 1. The number of carbonyl (C=O) groups is 2. The highest BCUT2D eigenvalue weighted by molar-refractivity contribution is 7.92. The molecule has 0 aliphatic rings. The highest BCUT2D eigenvalue weighted by atomic mass is 32.2. The highest BCUT2D eigenvalue weighted by Crippen LogP contribution is 2.22. The zero-order valence-corrected chi connectivity index (χ0v) is 23.8. The normalized spacial score (nSPS) is 12.0. The summed E-state index contributed by atoms with van der Waals surface area (Å²) in [4.78, 5) is 28.5. The van der Waals surface area contributed by atoms with Crippen molar-refractivity contribution >= 4 is 27.5 Å². The van der Waals surface area contributed by atoms with Gasteiger partial charge in [-0.3, -0.25) is 13.9 Å². The van der Waals surface area contributed by atoms with E-state index < -0.39 is 27.7 Å². The molecule has 0 fully saturated rings. The van der Waals surface area contributed by atoms with Crippen molar-refractivity contribution in [3.63, 3.8) is 0 Å². The Morgan fingerprint density at radius 2 is 1.62 bits per heavy atom. The molecule has 0 saturated heterocycles. The molecule has 0 bridgehead atoms. The molecule has 1 unspecified atom stereocenters. The van der Waals surface area contributed by atoms with E-state index in [1.54, 1.807) is 0 Å². The van der Waals surface area contributed by atoms with Gasteiger partial charge in [0.25, 0.3) is 0 Å². The van der Waals surface area contributed by atoms with Gasteiger partial charge in [-0.05, 0) is 43.5 Å². The van der Waals surface area contributed by atoms with Gasteiger partial charge in [0.15, 0.2) is 11.6 Å². The maximum absolute atomic E-state index is 13.8. The number of benzene rings is 3. The number of hydrogen-bond acceptors (Lipinski definition) is 4. The van der Waals surface area contributed by atoms with Crippen LogP contribution in [0.4, 0.5) is 14.5 Å². The molecule has 7 nitrogen and oxygen atoms in total. The first-order valence-corrected chi connectivity index (χ1v) is 14.9. The van der Waals surface area contributed by atoms with Crippen LogP contribution in [0.1, 0.15) is 36.5 Å². The van der Waals surface area contributed by atoms with Crippen molar-refractivity contribution in [3.05, 3.63) is 101 Å². The molecule has 1 N–H and O–H groups in total. The van der Waals surface area contributed by atoms with Crippen molar-refractivity contribution < 1.29 is 26.8 Å². The molecule has 0 radical (unpaired) electrons. The van der Waals surface area contributed by atoms with Crippen LogP contribution in [0.15, 0.2) is 72.8 Å². The molecule has 3 aromatic rings. The minimum Gasteiger partial charge on any atom is -0.355 e. The number of carbonyl (C=O) groups excluding carboxylic acids is 2. The van der Waals surface area contributed by atoms with Crippen LogP contribution in [0.25, 0.3) is 0 Å². The van der Waals surface area contributed by atoms with E-state index in [1.165, 1.54) is 11.0 Å². The summed E-state index contributed by atoms with van der Waals surface area (Å²) in [7, 11) is -3.84. The van der Waals surface area contributed by atoms with Gasteiger partial charge in [-0.2, -0.15) is 0 Å². The fraction of sp³-hybridized carbons (Fsp3) is 0.333. The Balaban J connectivity index is 1.87. The molecule has 40 heavy (non-hydrogen) atoms. The quantitative estimate of drug-likeness (QED) is 0.325. The van der Waals surface area contributed by atoms with Crippen LogP contribution in [0.5, 0.6) is 0 Å². The fourth-order valence-electron chi connectivity index (χ4n) is 4.50. The Hall–Kier alpha value is -3.79. The molecular weight excluding hydrogens is 536 g/mol. The molecule has 10 heteroatoms. The first-order chi connectivity index (χ1) is 19.0. The van der Waals surface area contributed by atoms with Gasteiger partial charge in [-0.15, -0.1) is 0 Å². The van der Waals surface area contributed by atoms with Crippen molar-refractivity contribution in [2.75, 3.05) is 23.7 Å². The van der Waals surface area contributed by atoms with E-state index in [1.807, 2.05) is 68.4 Å². The van der Waals surface area contributed by atoms with Gasteiger partial charge in [0.05, 0.1) is 11.9 Å². The molecule has 0 heterocycles. The van der Waals surface area contributed by atoms with E-state index in [0.29, 0.717) is 13.0 Å². The Labute approximate surface area is 234 Å². The van der Waals surface area contributed by atoms with Crippen LogP contribution < -0.4 is 9.62 Å². The topological polar surface area (TPSA) is 86.8 Å². The second-order valence-electron chi connectivity index (χ2n) is 9.65. The van der Waals surface area contributed by atoms with Crippen LogP contribution in [0.3, 0.4) is 0 Å². The molecule has 2 amide bonds. The number of aryl methyl sites for hydroxylation is 1. The second kappa shape index (κ2) is 14.0. The lowest BCUT2D eigenvalue weighted by Gasteiger charge is -2.32. The van der Waals surface area contributed by atoms with Gasteiger partial charge in [-0.1, -0.05) is 60.2 Å². The summed E-state index contributed by atoms with van der Waals surface area (Å²) in [5.74, 6) is -2.87. The zero-order valence-electron chi connectivity index (χ0n) is 22.9. The van der Waals surface area contributed by atoms with E-state index in [2.05, 4.69) is 5.32 Å². The van der Waals surface area contributed by atoms with E-state index >= 15 is 0 Å². The molecule has 0 spiro atoms. The summed E-state index contributed by atoms with van der Waals surface area (Å²) in [5.41, 5.74) is 2.73. The average Bonchev–Trinajstić information content (AvgIpc) is 2.90. The van der Waals surface area contributed by atoms with E-state index in [-0.39, 0.29) is 43.4 Å². The minimum absolute atomic E-state index is 0.0326. The van der Waals surface area contributed by atoms with E-state index in [9.17, 15) is 26.8 Å². The number of hydrogen-bond donors (Lipinski definition) is 1. The molecule has 3 rings (SSSR count). The molecule has 0 aromatic heterocycles. The van der Waals surface area contributed by atoms with Crippen molar-refractivity contribution in [2.45, 2.75) is 45.7 Å². The summed E-state index contributed by atoms with van der Waals surface area (Å²) in [6.07, 6.45) is 1.30. The van der Waals surface area contributed by atoms with Crippen molar-refractivity contribution in [1.82, 2.24) is 10.2 Å². The Kier molecular flexibility index (Phi) is 10.8.